The van der Waals surface area contributed by atoms with Crippen LogP contribution in [0.4, 0.5) is 4.79 Å². The van der Waals surface area contributed by atoms with E-state index in [-0.39, 0.29) is 12.0 Å². The molecule has 1 saturated heterocycles. The van der Waals surface area contributed by atoms with Crippen molar-refractivity contribution in [2.24, 2.45) is 5.92 Å². The Morgan fingerprint density at radius 2 is 1.97 bits per heavy atom. The van der Waals surface area contributed by atoms with Crippen LogP contribution in [-0.4, -0.2) is 62.4 Å². The van der Waals surface area contributed by atoms with Crippen LogP contribution in [0.3, 0.4) is 0 Å². The van der Waals surface area contributed by atoms with E-state index >= 15 is 0 Å². The second-order valence-corrected chi connectivity index (χ2v) is 11.2. The number of carboxylic acids is 1. The van der Waals surface area contributed by atoms with Crippen LogP contribution in [0.15, 0.2) is 30.6 Å². The first-order chi connectivity index (χ1) is 16.5. The molecule has 3 atom stereocenters. The van der Waals surface area contributed by atoms with Crippen LogP contribution < -0.4 is 5.32 Å². The highest BCUT2D eigenvalue weighted by Gasteiger charge is 2.41. The van der Waals surface area contributed by atoms with Crippen molar-refractivity contribution in [3.63, 3.8) is 0 Å². The first-order valence-electron chi connectivity index (χ1n) is 12.6. The fourth-order valence-corrected chi connectivity index (χ4v) is 5.48. The number of hydrogen-bond donors (Lipinski definition) is 2. The van der Waals surface area contributed by atoms with Crippen molar-refractivity contribution in [2.45, 2.75) is 83.9 Å². The Hall–Kier alpha value is -2.87. The number of aromatic nitrogens is 2. The monoisotopic (exact) mass is 482 g/mol. The number of amides is 1. The molecule has 8 heteroatoms. The number of para-hydroxylation sites is 1. The van der Waals surface area contributed by atoms with Crippen LogP contribution >= 0.6 is 0 Å². The van der Waals surface area contributed by atoms with Crippen molar-refractivity contribution in [1.29, 1.82) is 0 Å². The van der Waals surface area contributed by atoms with Gasteiger partial charge in [0.05, 0.1) is 12.0 Å². The Kier molecular flexibility index (Phi) is 7.22. The summed E-state index contributed by atoms with van der Waals surface area (Å²) < 4.78 is 7.53. The van der Waals surface area contributed by atoms with Crippen LogP contribution in [0.1, 0.15) is 70.3 Å². The number of benzene rings is 1. The molecule has 0 aliphatic carbocycles. The summed E-state index contributed by atoms with van der Waals surface area (Å²) in [6, 6.07) is 7.48. The van der Waals surface area contributed by atoms with Crippen LogP contribution in [0.25, 0.3) is 5.69 Å². The maximum absolute atomic E-state index is 12.7. The number of hydrogen-bond acceptors (Lipinski definition) is 5. The van der Waals surface area contributed by atoms with E-state index in [0.717, 1.165) is 36.3 Å². The van der Waals surface area contributed by atoms with Gasteiger partial charge in [0.2, 0.25) is 0 Å². The zero-order valence-corrected chi connectivity index (χ0v) is 21.5. The van der Waals surface area contributed by atoms with Gasteiger partial charge in [-0.3, -0.25) is 9.69 Å². The lowest BCUT2D eigenvalue weighted by Gasteiger charge is -2.33. The molecule has 3 heterocycles. The number of nitrogens with zero attached hydrogens (tertiary/aromatic N) is 3. The molecule has 1 fully saturated rings. The van der Waals surface area contributed by atoms with Gasteiger partial charge in [0, 0.05) is 36.4 Å². The minimum atomic E-state index is -0.841. The van der Waals surface area contributed by atoms with Gasteiger partial charge in [0.1, 0.15) is 11.6 Å². The highest BCUT2D eigenvalue weighted by atomic mass is 16.6. The molecule has 1 amide bonds. The number of nitrogens with one attached hydrogen (secondary N) is 1. The summed E-state index contributed by atoms with van der Waals surface area (Å²) in [5, 5.41) is 13.3. The van der Waals surface area contributed by atoms with Gasteiger partial charge in [0.25, 0.3) is 0 Å². The smallest absolute Gasteiger partial charge is 0.407 e. The molecule has 2 aliphatic rings. The minimum absolute atomic E-state index is 0.144. The van der Waals surface area contributed by atoms with E-state index in [0.29, 0.717) is 25.4 Å². The number of ether oxygens (including phenoxy) is 1. The number of carbonyl (C=O) groups excluding carboxylic acids is 1. The van der Waals surface area contributed by atoms with Crippen LogP contribution in [-0.2, 0) is 22.4 Å². The number of aryl methyl sites for hydroxylation is 1. The van der Waals surface area contributed by atoms with E-state index in [4.69, 9.17) is 9.72 Å². The van der Waals surface area contributed by atoms with E-state index in [1.54, 1.807) is 0 Å². The highest BCUT2D eigenvalue weighted by Crippen LogP contribution is 2.36. The maximum atomic E-state index is 12.7. The van der Waals surface area contributed by atoms with Crippen LogP contribution in [0.5, 0.6) is 0 Å². The lowest BCUT2D eigenvalue weighted by molar-refractivity contribution is -0.144. The first kappa shape index (κ1) is 25.2. The molecular weight excluding hydrogens is 444 g/mol. The Bertz CT molecular complexity index is 1070. The van der Waals surface area contributed by atoms with Crippen molar-refractivity contribution in [2.75, 3.05) is 13.1 Å². The number of alkyl carbamates (subject to hydrolysis) is 1. The van der Waals surface area contributed by atoms with Crippen molar-refractivity contribution in [1.82, 2.24) is 19.8 Å². The first-order valence-corrected chi connectivity index (χ1v) is 12.6. The Morgan fingerprint density at radius 3 is 2.66 bits per heavy atom. The summed E-state index contributed by atoms with van der Waals surface area (Å²) in [6.45, 7) is 10.8. The molecular formula is C27H38N4O4. The Balaban J connectivity index is 1.59. The predicted octanol–water partition coefficient (Wildman–Crippen LogP) is 4.15. The fraction of sp³-hybridized carbons (Fsp3) is 0.593. The third kappa shape index (κ3) is 5.69. The van der Waals surface area contributed by atoms with Gasteiger partial charge < -0.3 is 19.7 Å². The predicted molar refractivity (Wildman–Crippen MR) is 134 cm³/mol. The number of rotatable bonds is 7. The normalized spacial score (nSPS) is 19.7. The van der Waals surface area contributed by atoms with Gasteiger partial charge in [-0.15, -0.1) is 0 Å². The summed E-state index contributed by atoms with van der Waals surface area (Å²) in [6.07, 6.45) is 4.57. The zero-order chi connectivity index (χ0) is 25.3. The topological polar surface area (TPSA) is 96.7 Å². The molecule has 190 valence electrons. The Labute approximate surface area is 207 Å². The van der Waals surface area contributed by atoms with Crippen LogP contribution in [0.2, 0.25) is 0 Å². The molecule has 0 saturated carbocycles. The van der Waals surface area contributed by atoms with E-state index in [1.165, 1.54) is 5.56 Å². The van der Waals surface area contributed by atoms with Crippen LogP contribution in [0, 0.1) is 5.92 Å². The second kappa shape index (κ2) is 10.0. The summed E-state index contributed by atoms with van der Waals surface area (Å²) in [7, 11) is 0. The third-order valence-electron chi connectivity index (χ3n) is 6.83. The van der Waals surface area contributed by atoms with Gasteiger partial charge in [-0.05, 0) is 64.0 Å². The summed E-state index contributed by atoms with van der Waals surface area (Å²) >= 11 is 0. The molecule has 35 heavy (non-hydrogen) atoms. The lowest BCUT2D eigenvalue weighted by atomic mass is 9.84. The molecule has 0 radical (unpaired) electrons. The van der Waals surface area contributed by atoms with Crippen molar-refractivity contribution >= 4 is 12.1 Å². The van der Waals surface area contributed by atoms with Gasteiger partial charge in [0.15, 0.2) is 0 Å². The van der Waals surface area contributed by atoms with E-state index in [9.17, 15) is 14.7 Å². The van der Waals surface area contributed by atoms with E-state index in [2.05, 4.69) is 41.9 Å². The lowest BCUT2D eigenvalue weighted by Crippen LogP contribution is -2.47. The summed E-state index contributed by atoms with van der Waals surface area (Å²) in [5.41, 5.74) is 3.85. The summed E-state index contributed by atoms with van der Waals surface area (Å²) in [5.74, 6) is -0.769. The van der Waals surface area contributed by atoms with E-state index < -0.39 is 23.7 Å². The molecule has 0 bridgehead atoms. The van der Waals surface area contributed by atoms with Crippen molar-refractivity contribution < 1.29 is 19.4 Å². The number of aliphatic carboxylic acids is 1. The van der Waals surface area contributed by atoms with Gasteiger partial charge in [-0.25, -0.2) is 9.78 Å². The molecule has 1 aromatic carbocycles. The minimum Gasteiger partial charge on any atom is -0.480 e. The molecule has 1 unspecified atom stereocenters. The highest BCUT2D eigenvalue weighted by molar-refractivity contribution is 5.75. The average Bonchev–Trinajstić information content (AvgIpc) is 3.38. The number of imidazole rings is 1. The number of fused-ring (bicyclic) bond motifs is 3. The van der Waals surface area contributed by atoms with Gasteiger partial charge in [-0.2, -0.15) is 0 Å². The van der Waals surface area contributed by atoms with Gasteiger partial charge in [-0.1, -0.05) is 32.0 Å². The molecule has 0 spiro atoms. The largest absolute Gasteiger partial charge is 0.480 e. The van der Waals surface area contributed by atoms with Gasteiger partial charge >= 0.3 is 12.1 Å². The molecule has 4 rings (SSSR count). The molecule has 2 aliphatic heterocycles. The SMILES string of the molecule is CC(C)CC(c1ncn2c1CCc1ccccc1-2)[C@@H](C(=O)O)N1CC[C@H](NC(=O)OC(C)(C)C)C1. The maximum Gasteiger partial charge on any atom is 0.407 e. The quantitative estimate of drug-likeness (QED) is 0.615. The van der Waals surface area contributed by atoms with Crippen molar-refractivity contribution in [3.8, 4) is 5.69 Å². The number of likely N-dealkylation sites (tertiary alicyclic amines) is 1. The second-order valence-electron chi connectivity index (χ2n) is 11.2. The van der Waals surface area contributed by atoms with Crippen molar-refractivity contribution in [3.05, 3.63) is 47.5 Å². The summed E-state index contributed by atoms with van der Waals surface area (Å²) in [4.78, 5) is 31.8. The number of carboxylic acid groups (broad SMARTS) is 1. The zero-order valence-electron chi connectivity index (χ0n) is 21.5. The molecule has 1 aromatic heterocycles. The molecule has 2 N–H and O–H groups in total. The fourth-order valence-electron chi connectivity index (χ4n) is 5.48. The molecule has 2 aromatic rings. The Morgan fingerprint density at radius 1 is 1.23 bits per heavy atom. The molecule has 8 nitrogen and oxygen atoms in total. The number of carbonyl (C=O) groups is 2. The van der Waals surface area contributed by atoms with E-state index in [1.807, 2.05) is 38.1 Å². The standard InChI is InChI=1S/C27H38N4O4/c1-17(2)14-20(23-22-11-10-18-8-6-7-9-21(18)31(22)16-28-23)24(25(32)33)30-13-12-19(15-30)29-26(34)35-27(3,4)5/h6-9,16-17,19-20,24H,10-15H2,1-5H3,(H,29,34)(H,32,33)/t19-,20?,24-/m0/s1. The average molecular weight is 483 g/mol. The third-order valence-corrected chi connectivity index (χ3v) is 6.83.